The van der Waals surface area contributed by atoms with Crippen LogP contribution in [0.15, 0.2) is 71.1 Å². The van der Waals surface area contributed by atoms with Crippen LogP contribution in [0, 0.1) is 0 Å². The lowest BCUT2D eigenvalue weighted by Crippen LogP contribution is -2.35. The van der Waals surface area contributed by atoms with Crippen molar-refractivity contribution in [1.29, 1.82) is 0 Å². The van der Waals surface area contributed by atoms with E-state index in [4.69, 9.17) is 11.6 Å². The Hall–Kier alpha value is -3.06. The summed E-state index contributed by atoms with van der Waals surface area (Å²) in [6, 6.07) is 11.4. The molecular weight excluding hydrogens is 441 g/mol. The zero-order chi connectivity index (χ0) is 23.0. The van der Waals surface area contributed by atoms with Crippen molar-refractivity contribution in [3.8, 4) is 0 Å². The third-order valence-corrected chi connectivity index (χ3v) is 5.89. The van der Waals surface area contributed by atoms with Gasteiger partial charge < -0.3 is 10.6 Å². The van der Waals surface area contributed by atoms with Gasteiger partial charge in [0.15, 0.2) is 5.78 Å². The van der Waals surface area contributed by atoms with E-state index in [0.717, 1.165) is 17.8 Å². The van der Waals surface area contributed by atoms with Crippen molar-refractivity contribution < 1.29 is 22.8 Å². The Morgan fingerprint density at radius 3 is 2.59 bits per heavy atom. The number of carbonyl (C=O) groups is 2. The molecule has 2 aromatic carbocycles. The van der Waals surface area contributed by atoms with Crippen molar-refractivity contribution in [2.75, 3.05) is 5.32 Å². The molecule has 4 rings (SSSR count). The van der Waals surface area contributed by atoms with Crippen molar-refractivity contribution in [1.82, 2.24) is 5.32 Å². The number of halogens is 4. The second-order valence-corrected chi connectivity index (χ2v) is 8.29. The molecule has 1 atom stereocenters. The first-order chi connectivity index (χ1) is 15.1. The second kappa shape index (κ2) is 8.47. The van der Waals surface area contributed by atoms with Crippen molar-refractivity contribution in [3.63, 3.8) is 0 Å². The Labute approximate surface area is 188 Å². The monoisotopic (exact) mass is 460 g/mol. The SMILES string of the molecule is CC1=C(C(=O)Nc2cccc(C(F)(F)F)c2)[C@H](c2cccc(Cl)c2)C2=C(CCCC2=O)N1. The fraction of sp³-hybridized carbons (Fsp3) is 0.250. The van der Waals surface area contributed by atoms with Crippen LogP contribution in [0.4, 0.5) is 18.9 Å². The number of amides is 1. The summed E-state index contributed by atoms with van der Waals surface area (Å²) in [5.41, 5.74) is 1.95. The van der Waals surface area contributed by atoms with Gasteiger partial charge in [0.2, 0.25) is 0 Å². The molecule has 8 heteroatoms. The van der Waals surface area contributed by atoms with E-state index in [-0.39, 0.29) is 17.0 Å². The van der Waals surface area contributed by atoms with Crippen LogP contribution in [-0.2, 0) is 15.8 Å². The number of nitrogens with one attached hydrogen (secondary N) is 2. The van der Waals surface area contributed by atoms with Gasteiger partial charge in [-0.1, -0.05) is 29.8 Å². The molecule has 32 heavy (non-hydrogen) atoms. The number of Topliss-reactive ketones (excluding diaryl/α,β-unsaturated/α-hetero) is 1. The summed E-state index contributed by atoms with van der Waals surface area (Å²) in [4.78, 5) is 26.2. The number of benzene rings is 2. The summed E-state index contributed by atoms with van der Waals surface area (Å²) in [6.45, 7) is 1.72. The number of dihydropyridines is 1. The lowest BCUT2D eigenvalue weighted by Gasteiger charge is -2.34. The van der Waals surface area contributed by atoms with Crippen molar-refractivity contribution in [3.05, 3.63) is 87.2 Å². The van der Waals surface area contributed by atoms with E-state index in [9.17, 15) is 22.8 Å². The highest BCUT2D eigenvalue weighted by atomic mass is 35.5. The number of rotatable bonds is 3. The Morgan fingerprint density at radius 2 is 1.88 bits per heavy atom. The molecule has 0 aromatic heterocycles. The topological polar surface area (TPSA) is 58.2 Å². The molecule has 4 nitrogen and oxygen atoms in total. The average Bonchev–Trinajstić information content (AvgIpc) is 2.72. The minimum Gasteiger partial charge on any atom is -0.362 e. The molecule has 2 aliphatic rings. The van der Waals surface area contributed by atoms with Crippen LogP contribution in [0.2, 0.25) is 5.02 Å². The van der Waals surface area contributed by atoms with E-state index in [1.807, 2.05) is 0 Å². The lowest BCUT2D eigenvalue weighted by atomic mass is 9.75. The smallest absolute Gasteiger partial charge is 0.362 e. The minimum atomic E-state index is -4.53. The normalized spacial score (nSPS) is 18.9. The van der Waals surface area contributed by atoms with Crippen LogP contribution in [0.25, 0.3) is 0 Å². The van der Waals surface area contributed by atoms with E-state index >= 15 is 0 Å². The van der Waals surface area contributed by atoms with E-state index in [2.05, 4.69) is 10.6 Å². The first kappa shape index (κ1) is 22.1. The molecule has 1 heterocycles. The molecular formula is C24H20ClF3N2O2. The third-order valence-electron chi connectivity index (χ3n) is 5.65. The molecule has 0 bridgehead atoms. The molecule has 166 valence electrons. The van der Waals surface area contributed by atoms with E-state index in [1.54, 1.807) is 31.2 Å². The van der Waals surface area contributed by atoms with Crippen LogP contribution in [0.3, 0.4) is 0 Å². The number of allylic oxidation sites excluding steroid dienone is 3. The van der Waals surface area contributed by atoms with Crippen LogP contribution >= 0.6 is 11.6 Å². The van der Waals surface area contributed by atoms with Gasteiger partial charge in [0.05, 0.1) is 5.56 Å². The van der Waals surface area contributed by atoms with Crippen molar-refractivity contribution >= 4 is 29.0 Å². The summed E-state index contributed by atoms with van der Waals surface area (Å²) in [7, 11) is 0. The second-order valence-electron chi connectivity index (χ2n) is 7.85. The predicted octanol–water partition coefficient (Wildman–Crippen LogP) is 5.97. The number of anilines is 1. The summed E-state index contributed by atoms with van der Waals surface area (Å²) >= 11 is 6.19. The standard InChI is InChI=1S/C24H20ClF3N2O2/c1-13-20(23(32)30-17-8-3-6-15(12-17)24(26,27)28)21(14-5-2-7-16(25)11-14)22-18(29-13)9-4-10-19(22)31/h2-3,5-8,11-12,21,29H,4,9-10H2,1H3,(H,30,32)/t21-/m0/s1. The fourth-order valence-electron chi connectivity index (χ4n) is 4.28. The van der Waals surface area contributed by atoms with Gasteiger partial charge >= 0.3 is 6.18 Å². The number of hydrogen-bond donors (Lipinski definition) is 2. The van der Waals surface area contributed by atoms with E-state index < -0.39 is 23.6 Å². The van der Waals surface area contributed by atoms with Gasteiger partial charge in [-0.05, 0) is 55.7 Å². The molecule has 0 spiro atoms. The van der Waals surface area contributed by atoms with Gasteiger partial charge in [-0.15, -0.1) is 0 Å². The molecule has 0 unspecified atom stereocenters. The maximum atomic E-state index is 13.3. The quantitative estimate of drug-likeness (QED) is 0.593. The van der Waals surface area contributed by atoms with Gasteiger partial charge in [0.1, 0.15) is 0 Å². The predicted molar refractivity (Wildman–Crippen MR) is 116 cm³/mol. The van der Waals surface area contributed by atoms with Crippen LogP contribution in [-0.4, -0.2) is 11.7 Å². The third kappa shape index (κ3) is 4.30. The molecule has 1 aliphatic heterocycles. The number of alkyl halides is 3. The van der Waals surface area contributed by atoms with E-state index in [1.165, 1.54) is 12.1 Å². The summed E-state index contributed by atoms with van der Waals surface area (Å²) in [5, 5.41) is 6.22. The Balaban J connectivity index is 1.76. The molecule has 1 aliphatic carbocycles. The highest BCUT2D eigenvalue weighted by Crippen LogP contribution is 2.43. The summed E-state index contributed by atoms with van der Waals surface area (Å²) < 4.78 is 39.3. The van der Waals surface area contributed by atoms with Crippen LogP contribution < -0.4 is 10.6 Å². The molecule has 2 aromatic rings. The Kier molecular flexibility index (Phi) is 5.86. The molecule has 1 amide bonds. The maximum absolute atomic E-state index is 13.3. The molecule has 0 saturated carbocycles. The lowest BCUT2D eigenvalue weighted by molar-refractivity contribution is -0.137. The van der Waals surface area contributed by atoms with Gasteiger partial charge in [-0.25, -0.2) is 0 Å². The number of carbonyl (C=O) groups excluding carboxylic acids is 2. The Morgan fingerprint density at radius 1 is 1.12 bits per heavy atom. The van der Waals surface area contributed by atoms with Gasteiger partial charge in [-0.2, -0.15) is 13.2 Å². The Bertz CT molecular complexity index is 1170. The van der Waals surface area contributed by atoms with Gasteiger partial charge in [0.25, 0.3) is 5.91 Å². The average molecular weight is 461 g/mol. The first-order valence-corrected chi connectivity index (χ1v) is 10.5. The zero-order valence-electron chi connectivity index (χ0n) is 17.1. The highest BCUT2D eigenvalue weighted by Gasteiger charge is 2.38. The highest BCUT2D eigenvalue weighted by molar-refractivity contribution is 6.30. The molecule has 0 saturated heterocycles. The molecule has 2 N–H and O–H groups in total. The molecule has 0 radical (unpaired) electrons. The number of ketones is 1. The minimum absolute atomic E-state index is 0.0183. The van der Waals surface area contributed by atoms with E-state index in [0.29, 0.717) is 41.1 Å². The molecule has 0 fully saturated rings. The summed E-state index contributed by atoms with van der Waals surface area (Å²) in [6.07, 6.45) is -2.76. The summed E-state index contributed by atoms with van der Waals surface area (Å²) in [5.74, 6) is -1.30. The maximum Gasteiger partial charge on any atom is 0.416 e. The first-order valence-electron chi connectivity index (χ1n) is 10.1. The van der Waals surface area contributed by atoms with Crippen molar-refractivity contribution in [2.45, 2.75) is 38.3 Å². The van der Waals surface area contributed by atoms with Crippen molar-refractivity contribution in [2.24, 2.45) is 0 Å². The largest absolute Gasteiger partial charge is 0.416 e. The fourth-order valence-corrected chi connectivity index (χ4v) is 4.47. The van der Waals surface area contributed by atoms with Crippen LogP contribution in [0.5, 0.6) is 0 Å². The van der Waals surface area contributed by atoms with Crippen LogP contribution in [0.1, 0.15) is 43.2 Å². The van der Waals surface area contributed by atoms with Gasteiger partial charge in [0, 0.05) is 45.6 Å². The van der Waals surface area contributed by atoms with Gasteiger partial charge in [-0.3, -0.25) is 9.59 Å². The zero-order valence-corrected chi connectivity index (χ0v) is 17.9. The number of hydrogen-bond acceptors (Lipinski definition) is 3.